The number of hydrogen-bond acceptors (Lipinski definition) is 3. The van der Waals surface area contributed by atoms with Gasteiger partial charge in [-0.2, -0.15) is 13.2 Å². The van der Waals surface area contributed by atoms with E-state index in [2.05, 4.69) is 9.88 Å². The number of halogens is 3. The minimum absolute atomic E-state index is 0.538. The summed E-state index contributed by atoms with van der Waals surface area (Å²) < 4.78 is 38.4. The highest BCUT2D eigenvalue weighted by Gasteiger charge is 2.30. The van der Waals surface area contributed by atoms with Crippen molar-refractivity contribution in [2.45, 2.75) is 12.6 Å². The summed E-state index contributed by atoms with van der Waals surface area (Å²) >= 11 is 0. The number of alkyl halides is 3. The maximum absolute atomic E-state index is 12.8. The molecule has 2 aromatic rings. The average molecular weight is 374 g/mol. The molecule has 0 radical (unpaired) electrons. The molecule has 1 saturated heterocycles. The monoisotopic (exact) mass is 374 g/mol. The Morgan fingerprint density at radius 2 is 1.74 bits per heavy atom. The van der Waals surface area contributed by atoms with Crippen LogP contribution in [-0.2, 0) is 11.0 Å². The van der Waals surface area contributed by atoms with Crippen LogP contribution in [0.25, 0.3) is 5.57 Å². The highest BCUT2D eigenvalue weighted by atomic mass is 19.4. The van der Waals surface area contributed by atoms with Gasteiger partial charge in [-0.1, -0.05) is 24.3 Å². The second kappa shape index (κ2) is 7.65. The van der Waals surface area contributed by atoms with Gasteiger partial charge in [-0.25, -0.2) is 9.78 Å². The van der Waals surface area contributed by atoms with Gasteiger partial charge in [0.1, 0.15) is 5.82 Å². The van der Waals surface area contributed by atoms with Crippen molar-refractivity contribution in [2.24, 2.45) is 0 Å². The molecule has 4 nitrogen and oxygen atoms in total. The number of nitrogens with zero attached hydrogens (tertiary/aromatic N) is 2. The first kappa shape index (κ1) is 18.7. The molecule has 1 aromatic carbocycles. The smallest absolute Gasteiger partial charge is 0.416 e. The van der Waals surface area contributed by atoms with E-state index in [4.69, 9.17) is 5.11 Å². The lowest BCUT2D eigenvalue weighted by Crippen LogP contribution is -2.37. The van der Waals surface area contributed by atoms with Gasteiger partial charge < -0.3 is 10.0 Å². The van der Waals surface area contributed by atoms with Crippen molar-refractivity contribution in [1.82, 2.24) is 4.98 Å². The molecule has 0 unspecified atom stereocenters. The van der Waals surface area contributed by atoms with E-state index < -0.39 is 17.7 Å². The van der Waals surface area contributed by atoms with Crippen molar-refractivity contribution in [3.05, 3.63) is 77.5 Å². The molecule has 2 heterocycles. The fourth-order valence-corrected chi connectivity index (χ4v) is 2.70. The normalized spacial score (nSPS) is 15.1. The van der Waals surface area contributed by atoms with Gasteiger partial charge in [-0.05, 0) is 41.8 Å². The fraction of sp³-hybridized carbons (Fsp3) is 0.200. The third-order valence-electron chi connectivity index (χ3n) is 4.26. The molecule has 3 rings (SSSR count). The van der Waals surface area contributed by atoms with Gasteiger partial charge in [0, 0.05) is 30.9 Å². The lowest BCUT2D eigenvalue weighted by molar-refractivity contribution is -0.137. The number of benzene rings is 1. The second-order valence-corrected chi connectivity index (χ2v) is 6.10. The summed E-state index contributed by atoms with van der Waals surface area (Å²) in [6.07, 6.45) is 2.22. The first-order chi connectivity index (χ1) is 12.8. The largest absolute Gasteiger partial charge is 0.478 e. The predicted molar refractivity (Wildman–Crippen MR) is 96.4 cm³/mol. The molecule has 27 heavy (non-hydrogen) atoms. The van der Waals surface area contributed by atoms with Crippen LogP contribution in [0.3, 0.4) is 0 Å². The lowest BCUT2D eigenvalue weighted by Gasteiger charge is -2.32. The third kappa shape index (κ3) is 4.55. The number of carboxylic acids is 1. The fourth-order valence-electron chi connectivity index (χ4n) is 2.70. The molecular formula is C20H17F3N2O2. The SMILES string of the molecule is O=C(O)C=CC=C(c1ccc(C(F)(F)F)cc1)c1ccc(N2CCC2)nc1. The van der Waals surface area contributed by atoms with Gasteiger partial charge in [0.2, 0.25) is 0 Å². The van der Waals surface area contributed by atoms with Crippen molar-refractivity contribution in [2.75, 3.05) is 18.0 Å². The van der Waals surface area contributed by atoms with E-state index in [9.17, 15) is 18.0 Å². The first-order valence-corrected chi connectivity index (χ1v) is 8.35. The first-order valence-electron chi connectivity index (χ1n) is 8.35. The molecule has 1 aliphatic heterocycles. The molecule has 0 amide bonds. The Hall–Kier alpha value is -3.09. The molecular weight excluding hydrogens is 357 g/mol. The number of allylic oxidation sites excluding steroid dienone is 2. The van der Waals surface area contributed by atoms with E-state index in [1.165, 1.54) is 18.2 Å². The van der Waals surface area contributed by atoms with Gasteiger partial charge in [0.25, 0.3) is 0 Å². The summed E-state index contributed by atoms with van der Waals surface area (Å²) in [6, 6.07) is 8.43. The van der Waals surface area contributed by atoms with Crippen LogP contribution in [0.15, 0.2) is 60.8 Å². The highest BCUT2D eigenvalue weighted by Crippen LogP contribution is 2.31. The summed E-state index contributed by atoms with van der Waals surface area (Å²) in [7, 11) is 0. The van der Waals surface area contributed by atoms with Crippen LogP contribution in [0.5, 0.6) is 0 Å². The zero-order chi connectivity index (χ0) is 19.4. The van der Waals surface area contributed by atoms with Crippen molar-refractivity contribution in [3.63, 3.8) is 0 Å². The Balaban J connectivity index is 1.94. The molecule has 1 fully saturated rings. The molecule has 0 atom stereocenters. The Bertz CT molecular complexity index is 866. The topological polar surface area (TPSA) is 53.4 Å². The van der Waals surface area contributed by atoms with E-state index in [1.807, 2.05) is 12.1 Å². The summed E-state index contributed by atoms with van der Waals surface area (Å²) in [6.45, 7) is 1.91. The Labute approximate surface area is 154 Å². The molecule has 0 aliphatic carbocycles. The number of aliphatic carboxylic acids is 1. The van der Waals surface area contributed by atoms with E-state index >= 15 is 0 Å². The van der Waals surface area contributed by atoms with Crippen LogP contribution in [0.2, 0.25) is 0 Å². The number of carbonyl (C=O) groups is 1. The van der Waals surface area contributed by atoms with Crippen molar-refractivity contribution >= 4 is 17.4 Å². The van der Waals surface area contributed by atoms with Gasteiger partial charge in [-0.3, -0.25) is 0 Å². The van der Waals surface area contributed by atoms with Gasteiger partial charge in [0.05, 0.1) is 5.56 Å². The summed E-state index contributed by atoms with van der Waals surface area (Å²) in [5.41, 5.74) is 1.08. The van der Waals surface area contributed by atoms with Crippen LogP contribution >= 0.6 is 0 Å². The number of pyridine rings is 1. The zero-order valence-electron chi connectivity index (χ0n) is 14.3. The Morgan fingerprint density at radius 3 is 2.22 bits per heavy atom. The minimum atomic E-state index is -4.41. The summed E-state index contributed by atoms with van der Waals surface area (Å²) in [5, 5.41) is 8.77. The van der Waals surface area contributed by atoms with E-state index in [1.54, 1.807) is 12.3 Å². The van der Waals surface area contributed by atoms with E-state index in [0.29, 0.717) is 16.7 Å². The maximum Gasteiger partial charge on any atom is 0.416 e. The van der Waals surface area contributed by atoms with Gasteiger partial charge >= 0.3 is 12.1 Å². The molecule has 1 N–H and O–H groups in total. The minimum Gasteiger partial charge on any atom is -0.478 e. The Morgan fingerprint density at radius 1 is 1.07 bits per heavy atom. The molecule has 140 valence electrons. The van der Waals surface area contributed by atoms with E-state index in [0.717, 1.165) is 43.5 Å². The maximum atomic E-state index is 12.8. The third-order valence-corrected chi connectivity index (χ3v) is 4.26. The van der Waals surface area contributed by atoms with Crippen molar-refractivity contribution in [1.29, 1.82) is 0 Å². The van der Waals surface area contributed by atoms with E-state index in [-0.39, 0.29) is 0 Å². The van der Waals surface area contributed by atoms with Crippen LogP contribution in [0, 0.1) is 0 Å². The average Bonchev–Trinajstić information content (AvgIpc) is 2.57. The van der Waals surface area contributed by atoms with Crippen LogP contribution in [0.1, 0.15) is 23.1 Å². The quantitative estimate of drug-likeness (QED) is 0.623. The molecule has 1 aromatic heterocycles. The predicted octanol–water partition coefficient (Wildman–Crippen LogP) is 4.38. The number of anilines is 1. The van der Waals surface area contributed by atoms with Crippen molar-refractivity contribution < 1.29 is 23.1 Å². The second-order valence-electron chi connectivity index (χ2n) is 6.10. The number of rotatable bonds is 5. The summed E-state index contributed by atoms with van der Waals surface area (Å²) in [4.78, 5) is 17.2. The van der Waals surface area contributed by atoms with Crippen molar-refractivity contribution in [3.8, 4) is 0 Å². The van der Waals surface area contributed by atoms with Crippen LogP contribution < -0.4 is 4.90 Å². The Kier molecular flexibility index (Phi) is 5.30. The van der Waals surface area contributed by atoms with Gasteiger partial charge in [0.15, 0.2) is 0 Å². The number of carboxylic acid groups (broad SMARTS) is 1. The van der Waals surface area contributed by atoms with Gasteiger partial charge in [-0.15, -0.1) is 0 Å². The zero-order valence-corrected chi connectivity index (χ0v) is 14.3. The summed E-state index contributed by atoms with van der Waals surface area (Å²) in [5.74, 6) is -0.262. The van der Waals surface area contributed by atoms with Crippen LogP contribution in [-0.4, -0.2) is 29.1 Å². The molecule has 0 bridgehead atoms. The number of aromatic nitrogens is 1. The molecule has 7 heteroatoms. The highest BCUT2D eigenvalue weighted by molar-refractivity contribution is 5.84. The van der Waals surface area contributed by atoms with Crippen LogP contribution in [0.4, 0.5) is 19.0 Å². The lowest BCUT2D eigenvalue weighted by atomic mass is 9.97. The standard InChI is InChI=1S/C20H17F3N2O2/c21-20(22,23)16-8-5-14(6-9-16)17(3-1-4-19(26)27)15-7-10-18(24-13-15)25-11-2-12-25/h1,3-10,13H,2,11-12H2,(H,26,27). The molecule has 0 spiro atoms. The molecule has 1 aliphatic rings. The molecule has 0 saturated carbocycles. The number of hydrogen-bond donors (Lipinski definition) is 1.